The molecule has 9 heteroatoms. The highest BCUT2D eigenvalue weighted by atomic mass is 32.1. The van der Waals surface area contributed by atoms with Gasteiger partial charge in [0.25, 0.3) is 5.91 Å². The summed E-state index contributed by atoms with van der Waals surface area (Å²) in [6, 6.07) is 4.04. The Kier molecular flexibility index (Phi) is 7.10. The Balaban J connectivity index is 1.82. The molecule has 0 unspecified atom stereocenters. The van der Waals surface area contributed by atoms with Crippen LogP contribution in [0.15, 0.2) is 12.1 Å². The third-order valence-corrected chi connectivity index (χ3v) is 6.31. The van der Waals surface area contributed by atoms with Crippen LogP contribution in [0.3, 0.4) is 0 Å². The number of benzene rings is 1. The van der Waals surface area contributed by atoms with Gasteiger partial charge in [0, 0.05) is 19.8 Å². The number of carbonyl (C=O) groups excluding carboxylic acids is 2. The predicted octanol–water partition coefficient (Wildman–Crippen LogP) is 3.79. The summed E-state index contributed by atoms with van der Waals surface area (Å²) < 4.78 is 10.5. The molecule has 0 aliphatic rings. The first-order chi connectivity index (χ1) is 15.2. The number of aryl methyl sites for hydroxylation is 4. The highest BCUT2D eigenvalue weighted by molar-refractivity contribution is 7.20. The zero-order valence-electron chi connectivity index (χ0n) is 19.5. The number of amides is 2. The number of thiophene rings is 1. The molecule has 1 aromatic carbocycles. The first-order valence-electron chi connectivity index (χ1n) is 10.1. The van der Waals surface area contributed by atoms with Crippen molar-refractivity contribution in [2.45, 2.75) is 34.3 Å². The standard InChI is InChI=1S/C23H28N4O4S/c1-12-8-13(2)19(14(3)9-12)26-17(28)10-27(5)23(29)20-15(4)18-21(31-7)24-16(11-30-6)25-22(18)32-20/h8-9H,10-11H2,1-7H3,(H,26,28). The fraction of sp³-hybridized carbons (Fsp3) is 0.391. The van der Waals surface area contributed by atoms with Gasteiger partial charge in [-0.1, -0.05) is 17.7 Å². The Morgan fingerprint density at radius 2 is 1.75 bits per heavy atom. The number of ether oxygens (including phenoxy) is 2. The number of aromatic nitrogens is 2. The molecule has 2 heterocycles. The molecule has 8 nitrogen and oxygen atoms in total. The molecule has 1 N–H and O–H groups in total. The van der Waals surface area contributed by atoms with Crippen LogP contribution < -0.4 is 10.1 Å². The molecule has 0 aliphatic carbocycles. The Morgan fingerprint density at radius 3 is 2.34 bits per heavy atom. The lowest BCUT2D eigenvalue weighted by molar-refractivity contribution is -0.116. The molecule has 2 amide bonds. The molecule has 0 atom stereocenters. The van der Waals surface area contributed by atoms with Crippen molar-refractivity contribution in [3.8, 4) is 5.88 Å². The maximum absolute atomic E-state index is 13.2. The van der Waals surface area contributed by atoms with Crippen LogP contribution in [-0.2, 0) is 16.1 Å². The van der Waals surface area contributed by atoms with Gasteiger partial charge in [-0.2, -0.15) is 4.98 Å². The van der Waals surface area contributed by atoms with E-state index in [1.54, 1.807) is 14.2 Å². The van der Waals surface area contributed by atoms with Gasteiger partial charge >= 0.3 is 0 Å². The van der Waals surface area contributed by atoms with E-state index in [2.05, 4.69) is 15.3 Å². The normalized spacial score (nSPS) is 11.0. The van der Waals surface area contributed by atoms with Crippen LogP contribution in [-0.4, -0.2) is 54.5 Å². The zero-order valence-corrected chi connectivity index (χ0v) is 20.3. The summed E-state index contributed by atoms with van der Waals surface area (Å²) in [7, 11) is 4.70. The van der Waals surface area contributed by atoms with Crippen LogP contribution in [0.1, 0.15) is 37.7 Å². The fourth-order valence-corrected chi connectivity index (χ4v) is 4.89. The molecule has 3 rings (SSSR count). The molecular weight excluding hydrogens is 428 g/mol. The first kappa shape index (κ1) is 23.6. The summed E-state index contributed by atoms with van der Waals surface area (Å²) >= 11 is 1.26. The second-order valence-electron chi connectivity index (χ2n) is 7.80. The largest absolute Gasteiger partial charge is 0.480 e. The molecule has 0 saturated carbocycles. The maximum atomic E-state index is 13.2. The van der Waals surface area contributed by atoms with Crippen molar-refractivity contribution in [3.63, 3.8) is 0 Å². The average molecular weight is 457 g/mol. The Bertz CT molecular complexity index is 1170. The van der Waals surface area contributed by atoms with E-state index < -0.39 is 0 Å². The number of methoxy groups -OCH3 is 2. The number of carbonyl (C=O) groups is 2. The second-order valence-corrected chi connectivity index (χ2v) is 8.80. The molecule has 2 aromatic heterocycles. The van der Waals surface area contributed by atoms with E-state index in [-0.39, 0.29) is 25.0 Å². The van der Waals surface area contributed by atoms with Gasteiger partial charge in [0.2, 0.25) is 11.8 Å². The highest BCUT2D eigenvalue weighted by Gasteiger charge is 2.24. The lowest BCUT2D eigenvalue weighted by atomic mass is 10.1. The molecular formula is C23H28N4O4S. The quantitative estimate of drug-likeness (QED) is 0.581. The second kappa shape index (κ2) is 9.62. The number of hydrogen-bond acceptors (Lipinski definition) is 7. The van der Waals surface area contributed by atoms with Crippen molar-refractivity contribution in [3.05, 3.63) is 45.1 Å². The van der Waals surface area contributed by atoms with Crippen LogP contribution >= 0.6 is 11.3 Å². The van der Waals surface area contributed by atoms with Gasteiger partial charge in [0.05, 0.1) is 23.9 Å². The van der Waals surface area contributed by atoms with Gasteiger partial charge in [-0.25, -0.2) is 4.98 Å². The molecule has 32 heavy (non-hydrogen) atoms. The monoisotopic (exact) mass is 456 g/mol. The number of nitrogens with one attached hydrogen (secondary N) is 1. The smallest absolute Gasteiger partial charge is 0.264 e. The van der Waals surface area contributed by atoms with Crippen molar-refractivity contribution in [2.24, 2.45) is 0 Å². The van der Waals surface area contributed by atoms with Crippen LogP contribution in [0.5, 0.6) is 5.88 Å². The number of anilines is 1. The first-order valence-corrected chi connectivity index (χ1v) is 10.9. The van der Waals surface area contributed by atoms with Gasteiger partial charge in [0.1, 0.15) is 11.4 Å². The van der Waals surface area contributed by atoms with Crippen molar-refractivity contribution in [2.75, 3.05) is 33.1 Å². The van der Waals surface area contributed by atoms with Crippen molar-refractivity contribution in [1.29, 1.82) is 0 Å². The van der Waals surface area contributed by atoms with Gasteiger partial charge in [-0.15, -0.1) is 11.3 Å². The van der Waals surface area contributed by atoms with E-state index in [1.807, 2.05) is 39.8 Å². The summed E-state index contributed by atoms with van der Waals surface area (Å²) in [4.78, 5) is 37.2. The van der Waals surface area contributed by atoms with Gasteiger partial charge in [-0.05, 0) is 44.4 Å². The minimum Gasteiger partial charge on any atom is -0.480 e. The van der Waals surface area contributed by atoms with E-state index in [0.29, 0.717) is 26.8 Å². The van der Waals surface area contributed by atoms with E-state index in [9.17, 15) is 9.59 Å². The van der Waals surface area contributed by atoms with E-state index in [4.69, 9.17) is 9.47 Å². The summed E-state index contributed by atoms with van der Waals surface area (Å²) in [5.41, 5.74) is 4.63. The third kappa shape index (κ3) is 4.73. The maximum Gasteiger partial charge on any atom is 0.264 e. The number of rotatable bonds is 7. The minimum absolute atomic E-state index is 0.0724. The third-order valence-electron chi connectivity index (χ3n) is 5.13. The van der Waals surface area contributed by atoms with Crippen LogP contribution in [0.4, 0.5) is 5.69 Å². The molecule has 0 saturated heterocycles. The fourth-order valence-electron chi connectivity index (χ4n) is 3.71. The Morgan fingerprint density at radius 1 is 1.09 bits per heavy atom. The molecule has 3 aromatic rings. The van der Waals surface area contributed by atoms with Crippen molar-refractivity contribution < 1.29 is 19.1 Å². The zero-order chi connectivity index (χ0) is 23.6. The van der Waals surface area contributed by atoms with E-state index >= 15 is 0 Å². The number of nitrogens with zero attached hydrogens (tertiary/aromatic N) is 3. The summed E-state index contributed by atoms with van der Waals surface area (Å²) in [6.45, 7) is 7.93. The van der Waals surface area contributed by atoms with Gasteiger partial charge in [0.15, 0.2) is 5.82 Å². The topological polar surface area (TPSA) is 93.7 Å². The van der Waals surface area contributed by atoms with Crippen LogP contribution in [0.25, 0.3) is 10.2 Å². The Hall–Kier alpha value is -3.04. The number of likely N-dealkylation sites (N-methyl/N-ethyl adjacent to an activating group) is 1. The van der Waals surface area contributed by atoms with Gasteiger partial charge in [-0.3, -0.25) is 9.59 Å². The SMILES string of the molecule is COCc1nc(OC)c2c(C)c(C(=O)N(C)CC(=O)Nc3c(C)cc(C)cc3C)sc2n1. The average Bonchev–Trinajstić information content (AvgIpc) is 3.06. The van der Waals surface area contributed by atoms with E-state index in [1.165, 1.54) is 23.3 Å². The molecule has 170 valence electrons. The van der Waals surface area contributed by atoms with Crippen molar-refractivity contribution in [1.82, 2.24) is 14.9 Å². The summed E-state index contributed by atoms with van der Waals surface area (Å²) in [5, 5.41) is 3.64. The summed E-state index contributed by atoms with van der Waals surface area (Å²) in [5.74, 6) is 0.372. The molecule has 0 fully saturated rings. The molecule has 0 bridgehead atoms. The van der Waals surface area contributed by atoms with Crippen molar-refractivity contribution >= 4 is 39.1 Å². The van der Waals surface area contributed by atoms with Crippen LogP contribution in [0, 0.1) is 27.7 Å². The lowest BCUT2D eigenvalue weighted by Crippen LogP contribution is -2.35. The molecule has 0 spiro atoms. The highest BCUT2D eigenvalue weighted by Crippen LogP contribution is 2.35. The predicted molar refractivity (Wildman–Crippen MR) is 126 cm³/mol. The number of hydrogen-bond donors (Lipinski definition) is 1. The summed E-state index contributed by atoms with van der Waals surface area (Å²) in [6.07, 6.45) is 0. The molecule has 0 radical (unpaired) electrons. The Labute approximate surface area is 191 Å². The van der Waals surface area contributed by atoms with Gasteiger partial charge < -0.3 is 19.7 Å². The van der Waals surface area contributed by atoms with Crippen LogP contribution in [0.2, 0.25) is 0 Å². The number of fused-ring (bicyclic) bond motifs is 1. The van der Waals surface area contributed by atoms with E-state index in [0.717, 1.165) is 27.9 Å². The minimum atomic E-state index is -0.256. The lowest BCUT2D eigenvalue weighted by Gasteiger charge is -2.18. The molecule has 0 aliphatic heterocycles.